The van der Waals surface area contributed by atoms with Crippen molar-refractivity contribution in [1.29, 1.82) is 0 Å². The lowest BCUT2D eigenvalue weighted by Gasteiger charge is -2.07. The highest BCUT2D eigenvalue weighted by molar-refractivity contribution is 8.00. The summed E-state index contributed by atoms with van der Waals surface area (Å²) in [7, 11) is 0. The molecule has 3 rings (SSSR count). The molecule has 0 spiro atoms. The largest absolute Gasteiger partial charge is 0.351 e. The van der Waals surface area contributed by atoms with Gasteiger partial charge in [-0.3, -0.25) is 4.79 Å². The number of halogens is 1. The van der Waals surface area contributed by atoms with Gasteiger partial charge in [0.05, 0.1) is 5.75 Å². The molecule has 0 radical (unpaired) electrons. The number of aryl methyl sites for hydroxylation is 1. The Morgan fingerprint density at radius 3 is 2.62 bits per heavy atom. The number of thioether (sulfide) groups is 1. The van der Waals surface area contributed by atoms with Crippen molar-refractivity contribution in [1.82, 2.24) is 5.32 Å². The average molecular weight is 339 g/mol. The Bertz CT molecular complexity index is 878. The minimum Gasteiger partial charge on any atom is -0.351 e. The van der Waals surface area contributed by atoms with Crippen LogP contribution >= 0.6 is 11.8 Å². The fourth-order valence-electron chi connectivity index (χ4n) is 2.47. The van der Waals surface area contributed by atoms with Crippen molar-refractivity contribution in [3.05, 3.63) is 77.6 Å². The number of nitrogens with one attached hydrogen (secondary N) is 1. The molecule has 0 heterocycles. The molecule has 0 bridgehead atoms. The van der Waals surface area contributed by atoms with E-state index in [1.807, 2.05) is 18.2 Å². The van der Waals surface area contributed by atoms with E-state index in [1.165, 1.54) is 28.6 Å². The van der Waals surface area contributed by atoms with Crippen molar-refractivity contribution in [2.45, 2.75) is 18.4 Å². The first-order valence-corrected chi connectivity index (χ1v) is 8.74. The number of amides is 1. The predicted octanol–water partition coefficient (Wildman–Crippen LogP) is 4.70. The SMILES string of the molecule is Cc1cc(CNC(=O)CSc2ccc3ccccc3c2)ccc1F. The summed E-state index contributed by atoms with van der Waals surface area (Å²) in [6, 6.07) is 19.2. The van der Waals surface area contributed by atoms with Gasteiger partial charge >= 0.3 is 0 Å². The number of hydrogen-bond acceptors (Lipinski definition) is 2. The van der Waals surface area contributed by atoms with Gasteiger partial charge in [-0.1, -0.05) is 42.5 Å². The Morgan fingerprint density at radius 2 is 1.83 bits per heavy atom. The molecule has 1 N–H and O–H groups in total. The summed E-state index contributed by atoms with van der Waals surface area (Å²) >= 11 is 1.51. The Kier molecular flexibility index (Phi) is 5.16. The molecule has 0 aliphatic rings. The summed E-state index contributed by atoms with van der Waals surface area (Å²) in [6.45, 7) is 2.13. The lowest BCUT2D eigenvalue weighted by Crippen LogP contribution is -2.24. The molecule has 4 heteroatoms. The van der Waals surface area contributed by atoms with Gasteiger partial charge in [-0.25, -0.2) is 4.39 Å². The number of benzene rings is 3. The highest BCUT2D eigenvalue weighted by Gasteiger charge is 2.05. The van der Waals surface area contributed by atoms with E-state index in [1.54, 1.807) is 19.1 Å². The topological polar surface area (TPSA) is 29.1 Å². The van der Waals surface area contributed by atoms with Crippen LogP contribution in [0.25, 0.3) is 10.8 Å². The summed E-state index contributed by atoms with van der Waals surface area (Å²) in [4.78, 5) is 13.1. The number of fused-ring (bicyclic) bond motifs is 1. The van der Waals surface area contributed by atoms with Crippen molar-refractivity contribution in [2.75, 3.05) is 5.75 Å². The van der Waals surface area contributed by atoms with Crippen LogP contribution in [-0.4, -0.2) is 11.7 Å². The van der Waals surface area contributed by atoms with Crippen molar-refractivity contribution < 1.29 is 9.18 Å². The molecular formula is C20H18FNOS. The monoisotopic (exact) mass is 339 g/mol. The molecule has 0 aromatic heterocycles. The van der Waals surface area contributed by atoms with E-state index in [-0.39, 0.29) is 11.7 Å². The molecule has 2 nitrogen and oxygen atoms in total. The molecule has 0 aliphatic carbocycles. The lowest BCUT2D eigenvalue weighted by molar-refractivity contribution is -0.118. The van der Waals surface area contributed by atoms with E-state index in [0.29, 0.717) is 17.9 Å². The van der Waals surface area contributed by atoms with E-state index in [2.05, 4.69) is 29.6 Å². The zero-order chi connectivity index (χ0) is 16.9. The molecule has 1 amide bonds. The molecular weight excluding hydrogens is 321 g/mol. The quantitative estimate of drug-likeness (QED) is 0.683. The third-order valence-corrected chi connectivity index (χ3v) is 4.80. The van der Waals surface area contributed by atoms with Gasteiger partial charge < -0.3 is 5.32 Å². The van der Waals surface area contributed by atoms with Crippen LogP contribution in [0.4, 0.5) is 4.39 Å². The van der Waals surface area contributed by atoms with Crippen molar-refractivity contribution in [3.8, 4) is 0 Å². The van der Waals surface area contributed by atoms with E-state index in [9.17, 15) is 9.18 Å². The maximum Gasteiger partial charge on any atom is 0.230 e. The van der Waals surface area contributed by atoms with E-state index >= 15 is 0 Å². The van der Waals surface area contributed by atoms with Crippen LogP contribution in [0.3, 0.4) is 0 Å². The maximum atomic E-state index is 13.2. The molecule has 0 unspecified atom stereocenters. The van der Waals surface area contributed by atoms with Crippen LogP contribution in [0, 0.1) is 12.7 Å². The first-order chi connectivity index (χ1) is 11.6. The molecule has 3 aromatic carbocycles. The fourth-order valence-corrected chi connectivity index (χ4v) is 3.25. The third-order valence-electron chi connectivity index (χ3n) is 3.80. The Labute approximate surface area is 145 Å². The molecule has 24 heavy (non-hydrogen) atoms. The maximum absolute atomic E-state index is 13.2. The lowest BCUT2D eigenvalue weighted by atomic mass is 10.1. The molecule has 3 aromatic rings. The zero-order valence-corrected chi connectivity index (χ0v) is 14.2. The van der Waals surface area contributed by atoms with Gasteiger partial charge in [0.15, 0.2) is 0 Å². The molecule has 0 saturated carbocycles. The predicted molar refractivity (Wildman–Crippen MR) is 97.7 cm³/mol. The number of carbonyl (C=O) groups is 1. The minimum atomic E-state index is -0.225. The molecule has 0 atom stereocenters. The summed E-state index contributed by atoms with van der Waals surface area (Å²) in [5.41, 5.74) is 1.49. The number of hydrogen-bond donors (Lipinski definition) is 1. The van der Waals surface area contributed by atoms with E-state index < -0.39 is 0 Å². The average Bonchev–Trinajstić information content (AvgIpc) is 2.60. The number of carbonyl (C=O) groups excluding carboxylic acids is 1. The first-order valence-electron chi connectivity index (χ1n) is 7.75. The highest BCUT2D eigenvalue weighted by Crippen LogP contribution is 2.23. The van der Waals surface area contributed by atoms with E-state index in [4.69, 9.17) is 0 Å². The molecule has 0 fully saturated rings. The second-order valence-electron chi connectivity index (χ2n) is 5.66. The van der Waals surface area contributed by atoms with Gasteiger partial charge in [0.2, 0.25) is 5.91 Å². The molecule has 0 aliphatic heterocycles. The summed E-state index contributed by atoms with van der Waals surface area (Å²) in [6.07, 6.45) is 0. The van der Waals surface area contributed by atoms with Gasteiger partial charge in [-0.2, -0.15) is 0 Å². The highest BCUT2D eigenvalue weighted by atomic mass is 32.2. The third kappa shape index (κ3) is 4.15. The summed E-state index contributed by atoms with van der Waals surface area (Å²) in [5.74, 6) is 0.102. The van der Waals surface area contributed by atoms with Gasteiger partial charge in [0.25, 0.3) is 0 Å². The van der Waals surface area contributed by atoms with Crippen molar-refractivity contribution >= 4 is 28.4 Å². The van der Waals surface area contributed by atoms with Crippen LogP contribution in [0.5, 0.6) is 0 Å². The van der Waals surface area contributed by atoms with Gasteiger partial charge in [0.1, 0.15) is 5.82 Å². The first kappa shape index (κ1) is 16.5. The fraction of sp³-hybridized carbons (Fsp3) is 0.150. The van der Waals surface area contributed by atoms with E-state index in [0.717, 1.165) is 10.5 Å². The van der Waals surface area contributed by atoms with Gasteiger partial charge in [0, 0.05) is 11.4 Å². The van der Waals surface area contributed by atoms with Gasteiger partial charge in [-0.05, 0) is 47.0 Å². The van der Waals surface area contributed by atoms with Crippen LogP contribution in [-0.2, 0) is 11.3 Å². The second-order valence-corrected chi connectivity index (χ2v) is 6.71. The Hall–Kier alpha value is -2.33. The van der Waals surface area contributed by atoms with Gasteiger partial charge in [-0.15, -0.1) is 11.8 Å². The minimum absolute atomic E-state index is 0.0323. The number of rotatable bonds is 5. The smallest absolute Gasteiger partial charge is 0.230 e. The Balaban J connectivity index is 1.53. The molecule has 122 valence electrons. The standard InChI is InChI=1S/C20H18FNOS/c1-14-10-15(6-9-19(14)21)12-22-20(23)13-24-18-8-7-16-4-2-3-5-17(16)11-18/h2-11H,12-13H2,1H3,(H,22,23). The summed E-state index contributed by atoms with van der Waals surface area (Å²) < 4.78 is 13.2. The van der Waals surface area contributed by atoms with Crippen LogP contribution in [0.15, 0.2) is 65.6 Å². The summed E-state index contributed by atoms with van der Waals surface area (Å²) in [5, 5.41) is 5.23. The van der Waals surface area contributed by atoms with Crippen molar-refractivity contribution in [3.63, 3.8) is 0 Å². The Morgan fingerprint density at radius 1 is 1.04 bits per heavy atom. The van der Waals surface area contributed by atoms with Crippen molar-refractivity contribution in [2.24, 2.45) is 0 Å². The zero-order valence-electron chi connectivity index (χ0n) is 13.4. The molecule has 0 saturated heterocycles. The van der Waals surface area contributed by atoms with Crippen LogP contribution < -0.4 is 5.32 Å². The van der Waals surface area contributed by atoms with Crippen LogP contribution in [0.1, 0.15) is 11.1 Å². The van der Waals surface area contributed by atoms with Crippen LogP contribution in [0.2, 0.25) is 0 Å². The second kappa shape index (κ2) is 7.49. The normalized spacial score (nSPS) is 10.8.